The monoisotopic (exact) mass is 409 g/mol. The van der Waals surface area contributed by atoms with Crippen molar-refractivity contribution in [3.8, 4) is 5.88 Å². The molecule has 0 N–H and O–H groups in total. The zero-order valence-corrected chi connectivity index (χ0v) is 16.2. The van der Waals surface area contributed by atoms with Gasteiger partial charge in [0, 0.05) is 12.3 Å². The molecule has 1 unspecified atom stereocenters. The van der Waals surface area contributed by atoms with Gasteiger partial charge in [0.1, 0.15) is 5.15 Å². The summed E-state index contributed by atoms with van der Waals surface area (Å²) in [4.78, 5) is 16.2. The highest BCUT2D eigenvalue weighted by atomic mass is 35.5. The van der Waals surface area contributed by atoms with E-state index in [2.05, 4.69) is 10.1 Å². The number of carbonyl (C=O) groups excluding carboxylic acids is 1. The molecule has 0 spiro atoms. The standard InChI is InChI=1S/C18H14Cl3N3O2/c1-10-7-17(26-18(25)13-4-6-16(21)22-9-13)24(23-10)11(2)12-3-5-14(19)15(20)8-12/h3-9,11H,1-2H3. The number of pyridine rings is 1. The number of rotatable bonds is 4. The molecular formula is C18H14Cl3N3O2. The maximum Gasteiger partial charge on any atom is 0.346 e. The third-order valence-corrected chi connectivity index (χ3v) is 4.74. The molecule has 0 bridgehead atoms. The predicted octanol–water partition coefficient (Wildman–Crippen LogP) is 5.38. The molecule has 0 saturated carbocycles. The van der Waals surface area contributed by atoms with Gasteiger partial charge in [-0.25, -0.2) is 14.5 Å². The Balaban J connectivity index is 1.88. The van der Waals surface area contributed by atoms with Gasteiger partial charge < -0.3 is 4.74 Å². The fraction of sp³-hybridized carbons (Fsp3) is 0.167. The second-order valence-electron chi connectivity index (χ2n) is 5.68. The first kappa shape index (κ1) is 18.7. The first-order valence-electron chi connectivity index (χ1n) is 7.70. The van der Waals surface area contributed by atoms with E-state index in [0.717, 1.165) is 5.56 Å². The number of halogens is 3. The maximum atomic E-state index is 12.4. The van der Waals surface area contributed by atoms with Crippen molar-refractivity contribution in [3.05, 3.63) is 74.6 Å². The van der Waals surface area contributed by atoms with Gasteiger partial charge in [-0.15, -0.1) is 0 Å². The molecule has 134 valence electrons. The summed E-state index contributed by atoms with van der Waals surface area (Å²) in [7, 11) is 0. The van der Waals surface area contributed by atoms with E-state index in [0.29, 0.717) is 32.3 Å². The number of aromatic nitrogens is 3. The van der Waals surface area contributed by atoms with Crippen LogP contribution in [0.2, 0.25) is 15.2 Å². The van der Waals surface area contributed by atoms with Crippen LogP contribution in [-0.4, -0.2) is 20.7 Å². The minimum atomic E-state index is -0.545. The molecule has 0 aliphatic rings. The van der Waals surface area contributed by atoms with E-state index in [1.807, 2.05) is 19.9 Å². The van der Waals surface area contributed by atoms with Crippen LogP contribution in [0.3, 0.4) is 0 Å². The average molecular weight is 411 g/mol. The van der Waals surface area contributed by atoms with Crippen LogP contribution >= 0.6 is 34.8 Å². The predicted molar refractivity (Wildman–Crippen MR) is 101 cm³/mol. The molecule has 0 fully saturated rings. The van der Waals surface area contributed by atoms with Crippen LogP contribution in [0.15, 0.2) is 42.6 Å². The molecule has 26 heavy (non-hydrogen) atoms. The Hall–Kier alpha value is -2.08. The number of aryl methyl sites for hydroxylation is 1. The lowest BCUT2D eigenvalue weighted by atomic mass is 10.1. The van der Waals surface area contributed by atoms with Crippen LogP contribution in [0.1, 0.15) is 34.6 Å². The SMILES string of the molecule is Cc1cc(OC(=O)c2ccc(Cl)nc2)n(C(C)c2ccc(Cl)c(Cl)c2)n1. The van der Waals surface area contributed by atoms with Crippen LogP contribution in [0, 0.1) is 6.92 Å². The van der Waals surface area contributed by atoms with Crippen molar-refractivity contribution in [1.29, 1.82) is 0 Å². The lowest BCUT2D eigenvalue weighted by molar-refractivity contribution is 0.0716. The molecule has 0 saturated heterocycles. The molecule has 5 nitrogen and oxygen atoms in total. The van der Waals surface area contributed by atoms with Gasteiger partial charge in [0.2, 0.25) is 5.88 Å². The lowest BCUT2D eigenvalue weighted by Gasteiger charge is -2.16. The summed E-state index contributed by atoms with van der Waals surface area (Å²) in [5.41, 5.74) is 1.89. The first-order valence-corrected chi connectivity index (χ1v) is 8.83. The van der Waals surface area contributed by atoms with Gasteiger partial charge >= 0.3 is 5.97 Å². The number of hydrogen-bond acceptors (Lipinski definition) is 4. The van der Waals surface area contributed by atoms with Crippen LogP contribution in [0.25, 0.3) is 0 Å². The summed E-state index contributed by atoms with van der Waals surface area (Å²) in [6.45, 7) is 3.74. The van der Waals surface area contributed by atoms with Crippen LogP contribution in [0.4, 0.5) is 0 Å². The van der Waals surface area contributed by atoms with Crippen molar-refractivity contribution in [2.24, 2.45) is 0 Å². The molecule has 1 atom stereocenters. The van der Waals surface area contributed by atoms with Gasteiger partial charge in [0.15, 0.2) is 0 Å². The van der Waals surface area contributed by atoms with Crippen molar-refractivity contribution >= 4 is 40.8 Å². The molecule has 0 amide bonds. The Labute approximate surface area is 165 Å². The van der Waals surface area contributed by atoms with Crippen LogP contribution in [0.5, 0.6) is 5.88 Å². The van der Waals surface area contributed by atoms with Crippen LogP contribution < -0.4 is 4.74 Å². The van der Waals surface area contributed by atoms with Crippen LogP contribution in [-0.2, 0) is 0 Å². The smallest absolute Gasteiger partial charge is 0.346 e. The van der Waals surface area contributed by atoms with E-state index >= 15 is 0 Å². The summed E-state index contributed by atoms with van der Waals surface area (Å²) in [6, 6.07) is 9.88. The second kappa shape index (κ2) is 7.66. The zero-order chi connectivity index (χ0) is 18.8. The Morgan fingerprint density at radius 2 is 1.88 bits per heavy atom. The average Bonchev–Trinajstić information content (AvgIpc) is 2.97. The highest BCUT2D eigenvalue weighted by Gasteiger charge is 2.19. The molecule has 2 aromatic heterocycles. The highest BCUT2D eigenvalue weighted by Crippen LogP contribution is 2.30. The van der Waals surface area contributed by atoms with Crippen molar-refractivity contribution in [3.63, 3.8) is 0 Å². The molecular weight excluding hydrogens is 397 g/mol. The number of nitrogens with zero attached hydrogens (tertiary/aromatic N) is 3. The molecule has 0 radical (unpaired) electrons. The normalized spacial score (nSPS) is 12.0. The van der Waals surface area contributed by atoms with E-state index in [9.17, 15) is 4.79 Å². The van der Waals surface area contributed by atoms with E-state index in [-0.39, 0.29) is 6.04 Å². The number of esters is 1. The molecule has 2 heterocycles. The van der Waals surface area contributed by atoms with Crippen molar-refractivity contribution in [1.82, 2.24) is 14.8 Å². The minimum absolute atomic E-state index is 0.218. The quantitative estimate of drug-likeness (QED) is 0.428. The minimum Gasteiger partial charge on any atom is -0.404 e. The summed E-state index contributed by atoms with van der Waals surface area (Å²) >= 11 is 17.8. The number of ether oxygens (including phenoxy) is 1. The third-order valence-electron chi connectivity index (χ3n) is 3.78. The Kier molecular flexibility index (Phi) is 5.51. The summed E-state index contributed by atoms with van der Waals surface area (Å²) < 4.78 is 7.13. The number of hydrogen-bond donors (Lipinski definition) is 0. The maximum absolute atomic E-state index is 12.4. The highest BCUT2D eigenvalue weighted by molar-refractivity contribution is 6.42. The van der Waals surface area contributed by atoms with E-state index in [1.165, 1.54) is 12.3 Å². The van der Waals surface area contributed by atoms with Gasteiger partial charge in [-0.05, 0) is 43.7 Å². The largest absolute Gasteiger partial charge is 0.404 e. The molecule has 3 aromatic rings. The van der Waals surface area contributed by atoms with E-state index in [1.54, 1.807) is 28.9 Å². The molecule has 0 aliphatic carbocycles. The van der Waals surface area contributed by atoms with Crippen molar-refractivity contribution in [2.45, 2.75) is 19.9 Å². The van der Waals surface area contributed by atoms with Gasteiger partial charge in [-0.2, -0.15) is 5.10 Å². The lowest BCUT2D eigenvalue weighted by Crippen LogP contribution is -2.15. The van der Waals surface area contributed by atoms with E-state index in [4.69, 9.17) is 39.5 Å². The van der Waals surface area contributed by atoms with Gasteiger partial charge in [0.25, 0.3) is 0 Å². The van der Waals surface area contributed by atoms with Crippen molar-refractivity contribution < 1.29 is 9.53 Å². The molecule has 8 heteroatoms. The first-order chi connectivity index (χ1) is 12.3. The molecule has 0 aliphatic heterocycles. The second-order valence-corrected chi connectivity index (χ2v) is 6.88. The van der Waals surface area contributed by atoms with Gasteiger partial charge in [-0.3, -0.25) is 0 Å². The zero-order valence-electron chi connectivity index (χ0n) is 13.9. The number of benzene rings is 1. The van der Waals surface area contributed by atoms with Gasteiger partial charge in [0.05, 0.1) is 27.3 Å². The summed E-state index contributed by atoms with van der Waals surface area (Å²) in [5, 5.41) is 5.65. The Morgan fingerprint density at radius 1 is 1.12 bits per heavy atom. The molecule has 1 aromatic carbocycles. The van der Waals surface area contributed by atoms with E-state index < -0.39 is 5.97 Å². The Morgan fingerprint density at radius 3 is 2.54 bits per heavy atom. The van der Waals surface area contributed by atoms with Crippen molar-refractivity contribution in [2.75, 3.05) is 0 Å². The fourth-order valence-corrected chi connectivity index (χ4v) is 2.83. The number of carbonyl (C=O) groups is 1. The van der Waals surface area contributed by atoms with Gasteiger partial charge in [-0.1, -0.05) is 40.9 Å². The summed E-state index contributed by atoms with van der Waals surface area (Å²) in [6.07, 6.45) is 1.36. The fourth-order valence-electron chi connectivity index (χ4n) is 2.41. The summed E-state index contributed by atoms with van der Waals surface area (Å²) in [5.74, 6) is -0.224. The molecule has 3 rings (SSSR count). The third kappa shape index (κ3) is 4.01. The Bertz CT molecular complexity index is 955. The topological polar surface area (TPSA) is 57.0 Å².